The Balaban J connectivity index is 1.72. The highest BCUT2D eigenvalue weighted by molar-refractivity contribution is 7.12. The lowest BCUT2D eigenvalue weighted by Gasteiger charge is -2.10. The smallest absolute Gasteiger partial charge is 0.230 e. The van der Waals surface area contributed by atoms with Crippen LogP contribution in [-0.4, -0.2) is 27.8 Å². The average molecular weight is 447 g/mol. The number of thiazole rings is 1. The fourth-order valence-corrected chi connectivity index (χ4v) is 4.26. The third-order valence-corrected chi connectivity index (χ3v) is 6.01. The summed E-state index contributed by atoms with van der Waals surface area (Å²) in [5.74, 6) is 1.02. The van der Waals surface area contributed by atoms with E-state index < -0.39 is 0 Å². The van der Waals surface area contributed by atoms with E-state index in [1.807, 2.05) is 17.0 Å². The number of carbonyl (C=O) groups excluding carboxylic acids is 1. The number of rotatable bonds is 8. The lowest BCUT2D eigenvalue weighted by Crippen LogP contribution is -2.15. The molecule has 2 heterocycles. The van der Waals surface area contributed by atoms with Crippen molar-refractivity contribution in [3.8, 4) is 10.9 Å². The van der Waals surface area contributed by atoms with Gasteiger partial charge in [-0.25, -0.2) is 9.67 Å². The second-order valence-corrected chi connectivity index (χ2v) is 8.96. The summed E-state index contributed by atoms with van der Waals surface area (Å²) in [6, 6.07) is 5.10. The number of methoxy groups -OCH3 is 1. The van der Waals surface area contributed by atoms with Crippen LogP contribution in [0.2, 0.25) is 5.02 Å². The largest absolute Gasteiger partial charge is 0.495 e. The number of nitrogens with one attached hydrogen (secondary N) is 1. The first-order valence-corrected chi connectivity index (χ1v) is 11.2. The summed E-state index contributed by atoms with van der Waals surface area (Å²) in [5.41, 5.74) is 4.67. The second kappa shape index (κ2) is 9.62. The molecule has 8 heteroatoms. The summed E-state index contributed by atoms with van der Waals surface area (Å²) >= 11 is 7.52. The van der Waals surface area contributed by atoms with Gasteiger partial charge >= 0.3 is 0 Å². The van der Waals surface area contributed by atoms with Gasteiger partial charge in [-0.15, -0.1) is 11.3 Å². The van der Waals surface area contributed by atoms with Crippen LogP contribution in [0.3, 0.4) is 0 Å². The van der Waals surface area contributed by atoms with Gasteiger partial charge < -0.3 is 10.1 Å². The number of benzene rings is 1. The Labute approximate surface area is 186 Å². The molecule has 2 aromatic heterocycles. The molecule has 0 aliphatic carbocycles. The van der Waals surface area contributed by atoms with Crippen LogP contribution in [-0.2, 0) is 17.6 Å². The topological polar surface area (TPSA) is 69.0 Å². The molecule has 0 radical (unpaired) electrons. The second-order valence-electron chi connectivity index (χ2n) is 7.68. The molecule has 0 atom stereocenters. The van der Waals surface area contributed by atoms with E-state index in [-0.39, 0.29) is 12.3 Å². The third-order valence-electron chi connectivity index (χ3n) is 4.91. The summed E-state index contributed by atoms with van der Waals surface area (Å²) in [4.78, 5) is 17.1. The summed E-state index contributed by atoms with van der Waals surface area (Å²) in [6.07, 6.45) is 2.30. The Bertz CT molecular complexity index is 1040. The van der Waals surface area contributed by atoms with Gasteiger partial charge in [0.25, 0.3) is 0 Å². The number of aromatic nitrogens is 3. The van der Waals surface area contributed by atoms with Gasteiger partial charge in [0, 0.05) is 16.1 Å². The molecule has 0 aliphatic heterocycles. The summed E-state index contributed by atoms with van der Waals surface area (Å²) in [5, 5.41) is 10.7. The molecule has 3 rings (SSSR count). The van der Waals surface area contributed by atoms with Gasteiger partial charge in [-0.05, 0) is 56.4 Å². The molecule has 0 saturated carbocycles. The van der Waals surface area contributed by atoms with E-state index in [0.717, 1.165) is 29.4 Å². The summed E-state index contributed by atoms with van der Waals surface area (Å²) in [6.45, 7) is 8.58. The molecule has 1 aromatic carbocycles. The SMILES string of the molecule is COc1ccc(Cl)cc1NC(=O)Cc1csc(-n2nc(C)c(CCC(C)C)c2C)n1. The Morgan fingerprint density at radius 3 is 2.80 bits per heavy atom. The maximum absolute atomic E-state index is 12.5. The minimum absolute atomic E-state index is 0.158. The predicted molar refractivity (Wildman–Crippen MR) is 122 cm³/mol. The van der Waals surface area contributed by atoms with E-state index >= 15 is 0 Å². The van der Waals surface area contributed by atoms with Gasteiger partial charge in [-0.3, -0.25) is 4.79 Å². The highest BCUT2D eigenvalue weighted by Crippen LogP contribution is 2.28. The van der Waals surface area contributed by atoms with Gasteiger partial charge in [0.15, 0.2) is 0 Å². The molecular weight excluding hydrogens is 420 g/mol. The molecule has 0 fully saturated rings. The highest BCUT2D eigenvalue weighted by atomic mass is 35.5. The lowest BCUT2D eigenvalue weighted by atomic mass is 10.0. The zero-order chi connectivity index (χ0) is 21.8. The van der Waals surface area contributed by atoms with Crippen molar-refractivity contribution < 1.29 is 9.53 Å². The molecule has 0 spiro atoms. The standard InChI is InChI=1S/C22H27ClN4O2S/c1-13(2)6-8-18-14(3)26-27(15(18)4)22-24-17(12-30-22)11-21(28)25-19-10-16(23)7-9-20(19)29-5/h7,9-10,12-13H,6,8,11H2,1-5H3,(H,25,28). The van der Waals surface area contributed by atoms with E-state index in [4.69, 9.17) is 16.3 Å². The van der Waals surface area contributed by atoms with Crippen molar-refractivity contribution in [1.29, 1.82) is 0 Å². The Kier molecular flexibility index (Phi) is 7.15. The van der Waals surface area contributed by atoms with Crippen LogP contribution in [0.25, 0.3) is 5.13 Å². The molecule has 1 N–H and O–H groups in total. The first-order chi connectivity index (χ1) is 14.3. The summed E-state index contributed by atoms with van der Waals surface area (Å²) < 4.78 is 7.16. The Morgan fingerprint density at radius 2 is 2.10 bits per heavy atom. The number of nitrogens with zero attached hydrogens (tertiary/aromatic N) is 3. The number of hydrogen-bond donors (Lipinski definition) is 1. The number of amides is 1. The molecule has 30 heavy (non-hydrogen) atoms. The highest BCUT2D eigenvalue weighted by Gasteiger charge is 2.17. The number of anilines is 1. The van der Waals surface area contributed by atoms with E-state index in [0.29, 0.717) is 28.1 Å². The van der Waals surface area contributed by atoms with Crippen LogP contribution in [0.5, 0.6) is 5.75 Å². The fourth-order valence-electron chi connectivity index (χ4n) is 3.27. The van der Waals surface area contributed by atoms with Gasteiger partial charge in [-0.2, -0.15) is 5.10 Å². The number of aryl methyl sites for hydroxylation is 1. The van der Waals surface area contributed by atoms with Crippen LogP contribution in [0, 0.1) is 19.8 Å². The lowest BCUT2D eigenvalue weighted by molar-refractivity contribution is -0.115. The van der Waals surface area contributed by atoms with Gasteiger partial charge in [0.1, 0.15) is 5.75 Å². The molecule has 0 unspecified atom stereocenters. The first-order valence-electron chi connectivity index (χ1n) is 9.91. The number of carbonyl (C=O) groups is 1. The molecule has 0 saturated heterocycles. The minimum atomic E-state index is -0.182. The molecule has 6 nitrogen and oxygen atoms in total. The quantitative estimate of drug-likeness (QED) is 0.504. The van der Waals surface area contributed by atoms with Crippen molar-refractivity contribution in [3.05, 3.63) is 51.2 Å². The molecule has 0 bridgehead atoms. The summed E-state index contributed by atoms with van der Waals surface area (Å²) in [7, 11) is 1.55. The number of halogens is 1. The molecular formula is C22H27ClN4O2S. The fraction of sp³-hybridized carbons (Fsp3) is 0.409. The monoisotopic (exact) mass is 446 g/mol. The van der Waals surface area contributed by atoms with Gasteiger partial charge in [-0.1, -0.05) is 25.4 Å². The molecule has 3 aromatic rings. The van der Waals surface area contributed by atoms with Crippen molar-refractivity contribution >= 4 is 34.5 Å². The maximum atomic E-state index is 12.5. The zero-order valence-electron chi connectivity index (χ0n) is 18.0. The van der Waals surface area contributed by atoms with Crippen molar-refractivity contribution in [1.82, 2.24) is 14.8 Å². The first kappa shape index (κ1) is 22.3. The van der Waals surface area contributed by atoms with E-state index in [2.05, 4.69) is 36.2 Å². The van der Waals surface area contributed by atoms with Crippen LogP contribution >= 0.6 is 22.9 Å². The van der Waals surface area contributed by atoms with Crippen LogP contribution in [0.1, 0.15) is 42.9 Å². The minimum Gasteiger partial charge on any atom is -0.495 e. The van der Waals surface area contributed by atoms with Gasteiger partial charge in [0.2, 0.25) is 11.0 Å². The predicted octanol–water partition coefficient (Wildman–Crippen LogP) is 5.38. The van der Waals surface area contributed by atoms with Crippen LogP contribution in [0.15, 0.2) is 23.6 Å². The molecule has 160 valence electrons. The van der Waals surface area contributed by atoms with Crippen LogP contribution < -0.4 is 10.1 Å². The van der Waals surface area contributed by atoms with Gasteiger partial charge in [0.05, 0.1) is 30.6 Å². The zero-order valence-corrected chi connectivity index (χ0v) is 19.5. The molecule has 0 aliphatic rings. The van der Waals surface area contributed by atoms with Crippen molar-refractivity contribution in [2.45, 2.75) is 47.0 Å². The van der Waals surface area contributed by atoms with Crippen molar-refractivity contribution in [2.75, 3.05) is 12.4 Å². The average Bonchev–Trinajstić information content (AvgIpc) is 3.24. The van der Waals surface area contributed by atoms with Crippen molar-refractivity contribution in [2.24, 2.45) is 5.92 Å². The molecule has 1 amide bonds. The Morgan fingerprint density at radius 1 is 1.33 bits per heavy atom. The van der Waals surface area contributed by atoms with Crippen LogP contribution in [0.4, 0.5) is 5.69 Å². The maximum Gasteiger partial charge on any atom is 0.230 e. The van der Waals surface area contributed by atoms with Crippen molar-refractivity contribution in [3.63, 3.8) is 0 Å². The number of ether oxygens (including phenoxy) is 1. The van der Waals surface area contributed by atoms with E-state index in [9.17, 15) is 4.79 Å². The number of hydrogen-bond acceptors (Lipinski definition) is 5. The van der Waals surface area contributed by atoms with E-state index in [1.54, 1.807) is 25.3 Å². The normalized spacial score (nSPS) is 11.2. The van der Waals surface area contributed by atoms with E-state index in [1.165, 1.54) is 16.9 Å². The Hall–Kier alpha value is -2.38. The third kappa shape index (κ3) is 5.21.